The molecule has 3 rings (SSSR count). The summed E-state index contributed by atoms with van der Waals surface area (Å²) in [6, 6.07) is 7.48. The van der Waals surface area contributed by atoms with Gasteiger partial charge in [-0.2, -0.15) is 5.10 Å². The van der Waals surface area contributed by atoms with Crippen LogP contribution in [0.1, 0.15) is 45.5 Å². The predicted octanol–water partition coefficient (Wildman–Crippen LogP) is 5.03. The minimum Gasteiger partial charge on any atom is -0.493 e. The van der Waals surface area contributed by atoms with Gasteiger partial charge in [0.15, 0.2) is 11.5 Å². The Balaban J connectivity index is 1.83. The van der Waals surface area contributed by atoms with E-state index < -0.39 is 5.91 Å². The highest BCUT2D eigenvalue weighted by atomic mass is 35.5. The molecule has 6 nitrogen and oxygen atoms in total. The van der Waals surface area contributed by atoms with Crippen molar-refractivity contribution in [1.82, 2.24) is 5.43 Å². The van der Waals surface area contributed by atoms with Crippen LogP contribution in [0.2, 0.25) is 0 Å². The van der Waals surface area contributed by atoms with Gasteiger partial charge in [0, 0.05) is 5.56 Å². The Kier molecular flexibility index (Phi) is 7.23. The Morgan fingerprint density at radius 2 is 1.65 bits per heavy atom. The summed E-state index contributed by atoms with van der Waals surface area (Å²) in [6.07, 6.45) is 4.34. The molecule has 0 bridgehead atoms. The average Bonchev–Trinajstić information content (AvgIpc) is 2.91. The Morgan fingerprint density at radius 3 is 2.26 bits per heavy atom. The van der Waals surface area contributed by atoms with Crippen molar-refractivity contribution in [2.45, 2.75) is 33.1 Å². The van der Waals surface area contributed by atoms with Crippen molar-refractivity contribution in [2.24, 2.45) is 5.10 Å². The summed E-state index contributed by atoms with van der Waals surface area (Å²) in [5, 5.41) is 4.83. The Hall–Kier alpha value is -2.99. The second-order valence-corrected chi connectivity index (χ2v) is 7.78. The molecule has 2 aromatic carbocycles. The number of aryl methyl sites for hydroxylation is 3. The van der Waals surface area contributed by atoms with Crippen molar-refractivity contribution in [3.8, 4) is 17.2 Å². The number of nitrogens with zero attached hydrogens (tertiary/aromatic N) is 1. The van der Waals surface area contributed by atoms with Crippen molar-refractivity contribution in [3.63, 3.8) is 0 Å². The molecule has 0 saturated heterocycles. The van der Waals surface area contributed by atoms with Crippen molar-refractivity contribution in [1.29, 1.82) is 0 Å². The number of hydrogen-bond donors (Lipinski definition) is 1. The minimum atomic E-state index is -0.396. The van der Waals surface area contributed by atoms with Gasteiger partial charge in [-0.3, -0.25) is 4.79 Å². The van der Waals surface area contributed by atoms with Crippen LogP contribution in [0, 0.1) is 13.8 Å². The van der Waals surface area contributed by atoms with E-state index in [2.05, 4.69) is 36.5 Å². The van der Waals surface area contributed by atoms with Gasteiger partial charge in [-0.25, -0.2) is 5.43 Å². The zero-order valence-corrected chi connectivity index (χ0v) is 19.2. The van der Waals surface area contributed by atoms with Gasteiger partial charge in [0.1, 0.15) is 0 Å². The van der Waals surface area contributed by atoms with Gasteiger partial charge in [0.25, 0.3) is 5.91 Å². The molecule has 0 saturated carbocycles. The molecule has 2 aromatic rings. The van der Waals surface area contributed by atoms with Crippen LogP contribution in [0.3, 0.4) is 0 Å². The summed E-state index contributed by atoms with van der Waals surface area (Å²) < 4.78 is 15.9. The van der Waals surface area contributed by atoms with Crippen LogP contribution in [-0.4, -0.2) is 33.5 Å². The van der Waals surface area contributed by atoms with Crippen molar-refractivity contribution in [2.75, 3.05) is 21.3 Å². The van der Waals surface area contributed by atoms with E-state index in [1.807, 2.05) is 0 Å². The van der Waals surface area contributed by atoms with Crippen LogP contribution < -0.4 is 19.6 Å². The van der Waals surface area contributed by atoms with Crippen LogP contribution in [-0.2, 0) is 6.42 Å². The summed E-state index contributed by atoms with van der Waals surface area (Å²) in [7, 11) is 4.51. The van der Waals surface area contributed by atoms with Crippen molar-refractivity contribution in [3.05, 3.63) is 57.7 Å². The number of rotatable bonds is 6. The van der Waals surface area contributed by atoms with Gasteiger partial charge < -0.3 is 14.2 Å². The topological polar surface area (TPSA) is 69.2 Å². The molecule has 1 aliphatic rings. The molecular weight excluding hydrogens is 416 g/mol. The van der Waals surface area contributed by atoms with Gasteiger partial charge >= 0.3 is 0 Å². The maximum atomic E-state index is 12.6. The number of fused-ring (bicyclic) bond motifs is 1. The molecular formula is C24H27ClN2O4. The van der Waals surface area contributed by atoms with Crippen LogP contribution in [0.15, 0.2) is 34.9 Å². The van der Waals surface area contributed by atoms with Crippen molar-refractivity contribution >= 4 is 28.8 Å². The second-order valence-electron chi connectivity index (χ2n) is 7.40. The summed E-state index contributed by atoms with van der Waals surface area (Å²) in [4.78, 5) is 12.6. The summed E-state index contributed by atoms with van der Waals surface area (Å²) in [5.41, 5.74) is 8.54. The SMILES string of the molecule is COc1cc(C(=O)N/N=C/C2=C(Cl)c3cc(C)c(C)cc3CCC2)cc(OC)c1OC. The Bertz CT molecular complexity index is 1030. The van der Waals surface area contributed by atoms with Crippen molar-refractivity contribution < 1.29 is 19.0 Å². The van der Waals surface area contributed by atoms with Crippen LogP contribution in [0.5, 0.6) is 17.2 Å². The van der Waals surface area contributed by atoms with E-state index in [0.29, 0.717) is 27.8 Å². The molecule has 0 unspecified atom stereocenters. The first kappa shape index (κ1) is 22.7. The van der Waals surface area contributed by atoms with Crippen LogP contribution in [0.4, 0.5) is 0 Å². The zero-order valence-electron chi connectivity index (χ0n) is 18.5. The number of amides is 1. The molecule has 0 fully saturated rings. The molecule has 7 heteroatoms. The third-order valence-corrected chi connectivity index (χ3v) is 5.89. The number of hydrazone groups is 1. The number of nitrogens with one attached hydrogen (secondary N) is 1. The van der Waals surface area contributed by atoms with Crippen LogP contribution >= 0.6 is 11.6 Å². The van der Waals surface area contributed by atoms with E-state index in [-0.39, 0.29) is 0 Å². The maximum absolute atomic E-state index is 12.6. The summed E-state index contributed by atoms with van der Waals surface area (Å²) >= 11 is 6.72. The smallest absolute Gasteiger partial charge is 0.271 e. The van der Waals surface area contributed by atoms with E-state index >= 15 is 0 Å². The number of benzene rings is 2. The third kappa shape index (κ3) is 4.85. The summed E-state index contributed by atoms with van der Waals surface area (Å²) in [6.45, 7) is 4.19. The van der Waals surface area contributed by atoms with E-state index in [1.165, 1.54) is 38.0 Å². The molecule has 0 heterocycles. The minimum absolute atomic E-state index is 0.337. The highest BCUT2D eigenvalue weighted by Crippen LogP contribution is 2.38. The van der Waals surface area contributed by atoms with E-state index in [9.17, 15) is 4.79 Å². The Labute approximate surface area is 187 Å². The monoisotopic (exact) mass is 442 g/mol. The van der Waals surface area contributed by atoms with Gasteiger partial charge in [0.2, 0.25) is 5.75 Å². The first-order chi connectivity index (χ1) is 14.9. The molecule has 1 N–H and O–H groups in total. The lowest BCUT2D eigenvalue weighted by Gasteiger charge is -2.13. The van der Waals surface area contributed by atoms with Gasteiger partial charge in [-0.1, -0.05) is 17.7 Å². The third-order valence-electron chi connectivity index (χ3n) is 5.44. The van der Waals surface area contributed by atoms with Gasteiger partial charge in [-0.05, 0) is 79.1 Å². The lowest BCUT2D eigenvalue weighted by atomic mass is 9.98. The molecule has 0 radical (unpaired) electrons. The highest BCUT2D eigenvalue weighted by Gasteiger charge is 2.18. The fourth-order valence-corrected chi connectivity index (χ4v) is 3.93. The lowest BCUT2D eigenvalue weighted by molar-refractivity contribution is 0.0954. The van der Waals surface area contributed by atoms with Crippen LogP contribution in [0.25, 0.3) is 5.03 Å². The zero-order chi connectivity index (χ0) is 22.5. The number of ether oxygens (including phenoxy) is 3. The number of allylic oxidation sites excluding steroid dienone is 1. The molecule has 0 aromatic heterocycles. The molecule has 0 spiro atoms. The number of methoxy groups -OCH3 is 3. The molecule has 0 aliphatic heterocycles. The maximum Gasteiger partial charge on any atom is 0.271 e. The van der Waals surface area contributed by atoms with E-state index in [0.717, 1.165) is 30.4 Å². The van der Waals surface area contributed by atoms with E-state index in [1.54, 1.807) is 18.3 Å². The number of hydrogen-bond acceptors (Lipinski definition) is 5. The fourth-order valence-electron chi connectivity index (χ4n) is 3.61. The number of carbonyl (C=O) groups is 1. The van der Waals surface area contributed by atoms with Gasteiger partial charge in [-0.15, -0.1) is 0 Å². The molecule has 31 heavy (non-hydrogen) atoms. The second kappa shape index (κ2) is 9.88. The van der Waals surface area contributed by atoms with Gasteiger partial charge in [0.05, 0.1) is 32.6 Å². The molecule has 164 valence electrons. The molecule has 1 amide bonds. The number of carbonyl (C=O) groups excluding carboxylic acids is 1. The first-order valence-corrected chi connectivity index (χ1v) is 10.4. The average molecular weight is 443 g/mol. The largest absolute Gasteiger partial charge is 0.493 e. The molecule has 1 aliphatic carbocycles. The Morgan fingerprint density at radius 1 is 1.00 bits per heavy atom. The number of halogens is 1. The lowest BCUT2D eigenvalue weighted by Crippen LogP contribution is -2.18. The fraction of sp³-hybridized carbons (Fsp3) is 0.333. The van der Waals surface area contributed by atoms with E-state index in [4.69, 9.17) is 25.8 Å². The first-order valence-electron chi connectivity index (χ1n) is 10.0. The summed E-state index contributed by atoms with van der Waals surface area (Å²) in [5.74, 6) is 0.817. The normalized spacial score (nSPS) is 13.6. The highest BCUT2D eigenvalue weighted by molar-refractivity contribution is 6.50. The standard InChI is InChI=1S/C24H27ClN2O4/c1-14-9-16-7-6-8-17(22(25)19(16)10-15(14)2)13-26-27-24(28)18-11-20(29-3)23(31-5)21(12-18)30-4/h9-13H,6-8H2,1-5H3,(H,27,28)/b26-13+. The predicted molar refractivity (Wildman–Crippen MR) is 124 cm³/mol. The molecule has 0 atom stereocenters. The quantitative estimate of drug-likeness (QED) is 0.503.